The number of hydrogen-bond acceptors (Lipinski definition) is 6. The van der Waals surface area contributed by atoms with Gasteiger partial charge >= 0.3 is 0 Å². The van der Waals surface area contributed by atoms with Gasteiger partial charge in [0.15, 0.2) is 5.76 Å². The lowest BCUT2D eigenvalue weighted by Gasteiger charge is -2.11. The number of hydrogen-bond donors (Lipinski definition) is 2. The first-order chi connectivity index (χ1) is 14.7. The van der Waals surface area contributed by atoms with E-state index >= 15 is 0 Å². The summed E-state index contributed by atoms with van der Waals surface area (Å²) < 4.78 is 33.1. The van der Waals surface area contributed by atoms with E-state index in [0.717, 1.165) is 11.3 Å². The predicted octanol–water partition coefficient (Wildman–Crippen LogP) is 2.99. The first kappa shape index (κ1) is 23.0. The number of nitrogens with one attached hydrogen (secondary N) is 1. The third kappa shape index (κ3) is 5.72. The van der Waals surface area contributed by atoms with Gasteiger partial charge in [0.25, 0.3) is 0 Å². The van der Waals surface area contributed by atoms with Crippen molar-refractivity contribution in [1.29, 1.82) is 0 Å². The Kier molecular flexibility index (Phi) is 7.14. The Morgan fingerprint density at radius 1 is 1.13 bits per heavy atom. The topological polar surface area (TPSA) is 119 Å². The van der Waals surface area contributed by atoms with Gasteiger partial charge in [-0.2, -0.15) is 0 Å². The van der Waals surface area contributed by atoms with Gasteiger partial charge in [-0.05, 0) is 55.0 Å². The highest BCUT2D eigenvalue weighted by Gasteiger charge is 2.17. The number of alkyl halides is 1. The molecule has 10 heteroatoms. The van der Waals surface area contributed by atoms with Gasteiger partial charge in [0.1, 0.15) is 0 Å². The van der Waals surface area contributed by atoms with E-state index in [4.69, 9.17) is 10.2 Å². The van der Waals surface area contributed by atoms with Crippen molar-refractivity contribution in [3.63, 3.8) is 0 Å². The third-order valence-electron chi connectivity index (χ3n) is 4.58. The Morgan fingerprint density at radius 3 is 2.32 bits per heavy atom. The number of benzene rings is 2. The van der Waals surface area contributed by atoms with Crippen LogP contribution in [0.5, 0.6) is 0 Å². The minimum Gasteiger partial charge on any atom is -0.436 e. The lowest BCUT2D eigenvalue weighted by atomic mass is 10.1. The smallest absolute Gasteiger partial charge is 0.240 e. The van der Waals surface area contributed by atoms with E-state index in [1.165, 1.54) is 12.1 Å². The standard InChI is InChI=1S/C21H23BrN4O4S/c1-26(2)16-7-3-14(4-8-16)19-13-24-21(30-19)15-5-9-17(10-6-15)31(28,29)25-12-11-18(22)20(23)27/h3-10,13,18,25H,11-12H2,1-2H3,(H2,23,27). The molecule has 2 aromatic carbocycles. The molecule has 8 nitrogen and oxygen atoms in total. The molecule has 1 aromatic heterocycles. The molecule has 0 radical (unpaired) electrons. The highest BCUT2D eigenvalue weighted by atomic mass is 79.9. The van der Waals surface area contributed by atoms with E-state index in [2.05, 4.69) is 25.6 Å². The van der Waals surface area contributed by atoms with E-state index in [1.807, 2.05) is 43.3 Å². The molecule has 31 heavy (non-hydrogen) atoms. The number of primary amides is 1. The van der Waals surface area contributed by atoms with Crippen LogP contribution >= 0.6 is 15.9 Å². The Balaban J connectivity index is 1.69. The van der Waals surface area contributed by atoms with Gasteiger partial charge in [0, 0.05) is 37.5 Å². The van der Waals surface area contributed by atoms with E-state index in [-0.39, 0.29) is 17.9 Å². The quantitative estimate of drug-likeness (QED) is 0.430. The van der Waals surface area contributed by atoms with Crippen LogP contribution in [-0.4, -0.2) is 44.8 Å². The van der Waals surface area contributed by atoms with Crippen LogP contribution in [0.2, 0.25) is 0 Å². The molecule has 0 spiro atoms. The second kappa shape index (κ2) is 9.63. The van der Waals surface area contributed by atoms with Gasteiger partial charge in [0.2, 0.25) is 21.8 Å². The average molecular weight is 507 g/mol. The second-order valence-corrected chi connectivity index (χ2v) is 9.92. The number of aromatic nitrogens is 1. The molecule has 3 N–H and O–H groups in total. The van der Waals surface area contributed by atoms with Crippen LogP contribution in [0.1, 0.15) is 6.42 Å². The summed E-state index contributed by atoms with van der Waals surface area (Å²) >= 11 is 3.10. The van der Waals surface area contributed by atoms with Gasteiger partial charge in [-0.15, -0.1) is 0 Å². The molecule has 164 valence electrons. The maximum Gasteiger partial charge on any atom is 0.240 e. The van der Waals surface area contributed by atoms with Crippen molar-refractivity contribution in [2.75, 3.05) is 25.5 Å². The summed E-state index contributed by atoms with van der Waals surface area (Å²) in [5.74, 6) is 0.479. The average Bonchev–Trinajstić information content (AvgIpc) is 3.24. The zero-order valence-corrected chi connectivity index (χ0v) is 19.5. The SMILES string of the molecule is CN(C)c1ccc(-c2cnc(-c3ccc(S(=O)(=O)NCCC(Br)C(N)=O)cc3)o2)cc1. The van der Waals surface area contributed by atoms with Crippen LogP contribution in [0.4, 0.5) is 5.69 Å². The van der Waals surface area contributed by atoms with Crippen LogP contribution in [0.15, 0.2) is 64.0 Å². The normalized spacial score (nSPS) is 12.5. The fraction of sp³-hybridized carbons (Fsp3) is 0.238. The van der Waals surface area contributed by atoms with Crippen molar-refractivity contribution >= 4 is 37.5 Å². The molecule has 0 aliphatic rings. The van der Waals surface area contributed by atoms with Gasteiger partial charge < -0.3 is 15.1 Å². The monoisotopic (exact) mass is 506 g/mol. The van der Waals surface area contributed by atoms with Crippen LogP contribution in [0.3, 0.4) is 0 Å². The third-order valence-corrected chi connectivity index (χ3v) is 6.97. The maximum atomic E-state index is 12.4. The summed E-state index contributed by atoms with van der Waals surface area (Å²) in [5.41, 5.74) is 7.78. The minimum atomic E-state index is -3.71. The van der Waals surface area contributed by atoms with Gasteiger partial charge in [-0.1, -0.05) is 15.9 Å². The number of amides is 1. The summed E-state index contributed by atoms with van der Waals surface area (Å²) in [6.45, 7) is 0.0820. The number of rotatable bonds is 9. The van der Waals surface area contributed by atoms with Crippen LogP contribution < -0.4 is 15.4 Å². The molecule has 0 saturated heterocycles. The second-order valence-electron chi connectivity index (χ2n) is 7.05. The zero-order chi connectivity index (χ0) is 22.6. The number of nitrogens with two attached hydrogens (primary N) is 1. The first-order valence-electron chi connectivity index (χ1n) is 9.44. The molecule has 1 atom stereocenters. The number of carbonyl (C=O) groups excluding carboxylic acids is 1. The predicted molar refractivity (Wildman–Crippen MR) is 123 cm³/mol. The van der Waals surface area contributed by atoms with Crippen LogP contribution in [0.25, 0.3) is 22.8 Å². The highest BCUT2D eigenvalue weighted by Crippen LogP contribution is 2.28. The van der Waals surface area contributed by atoms with Gasteiger partial charge in [-0.3, -0.25) is 4.79 Å². The van der Waals surface area contributed by atoms with Crippen molar-refractivity contribution in [2.45, 2.75) is 16.1 Å². The number of carbonyl (C=O) groups is 1. The zero-order valence-electron chi connectivity index (χ0n) is 17.1. The number of halogens is 1. The minimum absolute atomic E-state index is 0.0820. The van der Waals surface area contributed by atoms with Crippen molar-refractivity contribution in [3.05, 3.63) is 54.7 Å². The molecule has 1 amide bonds. The Morgan fingerprint density at radius 2 is 1.74 bits per heavy atom. The molecule has 0 bridgehead atoms. The van der Waals surface area contributed by atoms with Gasteiger partial charge in [-0.25, -0.2) is 18.1 Å². The van der Waals surface area contributed by atoms with E-state index in [9.17, 15) is 13.2 Å². The Bertz CT molecular complexity index is 1140. The highest BCUT2D eigenvalue weighted by molar-refractivity contribution is 9.10. The number of sulfonamides is 1. The lowest BCUT2D eigenvalue weighted by molar-refractivity contribution is -0.117. The molecule has 3 rings (SSSR count). The molecule has 1 heterocycles. The maximum absolute atomic E-state index is 12.4. The summed E-state index contributed by atoms with van der Waals surface area (Å²) in [7, 11) is 0.238. The first-order valence-corrected chi connectivity index (χ1v) is 11.8. The molecule has 3 aromatic rings. The van der Waals surface area contributed by atoms with E-state index in [0.29, 0.717) is 17.2 Å². The molecule has 0 fully saturated rings. The largest absolute Gasteiger partial charge is 0.436 e. The van der Waals surface area contributed by atoms with E-state index in [1.54, 1.807) is 18.3 Å². The Hall–Kier alpha value is -2.69. The number of nitrogens with zero attached hydrogens (tertiary/aromatic N) is 2. The van der Waals surface area contributed by atoms with Gasteiger partial charge in [0.05, 0.1) is 15.9 Å². The van der Waals surface area contributed by atoms with Crippen molar-refractivity contribution < 1.29 is 17.6 Å². The van der Waals surface area contributed by atoms with Crippen molar-refractivity contribution in [3.8, 4) is 22.8 Å². The van der Waals surface area contributed by atoms with Crippen LogP contribution in [0, 0.1) is 0 Å². The van der Waals surface area contributed by atoms with Crippen LogP contribution in [-0.2, 0) is 14.8 Å². The fourth-order valence-corrected chi connectivity index (χ4v) is 4.06. The molecule has 0 aliphatic heterocycles. The number of anilines is 1. The van der Waals surface area contributed by atoms with E-state index < -0.39 is 20.8 Å². The summed E-state index contributed by atoms with van der Waals surface area (Å²) in [4.78, 5) is 16.8. The fourth-order valence-electron chi connectivity index (χ4n) is 2.79. The molecule has 1 unspecified atom stereocenters. The summed E-state index contributed by atoms with van der Waals surface area (Å²) in [6, 6.07) is 14.1. The van der Waals surface area contributed by atoms with Crippen molar-refractivity contribution in [1.82, 2.24) is 9.71 Å². The Labute approximate surface area is 189 Å². The molecule has 0 saturated carbocycles. The summed E-state index contributed by atoms with van der Waals surface area (Å²) in [5, 5.41) is 0. The molecular formula is C21H23BrN4O4S. The molecular weight excluding hydrogens is 484 g/mol. The number of oxazole rings is 1. The molecule has 0 aliphatic carbocycles. The summed E-state index contributed by atoms with van der Waals surface area (Å²) in [6.07, 6.45) is 1.89. The lowest BCUT2D eigenvalue weighted by Crippen LogP contribution is -2.30. The van der Waals surface area contributed by atoms with Crippen molar-refractivity contribution in [2.24, 2.45) is 5.73 Å².